The van der Waals surface area contributed by atoms with Crippen molar-refractivity contribution >= 4 is 15.9 Å². The van der Waals surface area contributed by atoms with Crippen LogP contribution in [0.5, 0.6) is 11.5 Å². The van der Waals surface area contributed by atoms with E-state index >= 15 is 0 Å². The molecule has 2 aromatic rings. The Morgan fingerprint density at radius 1 is 1.13 bits per heavy atom. The van der Waals surface area contributed by atoms with Crippen LogP contribution in [-0.4, -0.2) is 64.7 Å². The van der Waals surface area contributed by atoms with Gasteiger partial charge < -0.3 is 19.5 Å². The summed E-state index contributed by atoms with van der Waals surface area (Å²) >= 11 is 0. The number of morpholine rings is 1. The number of ether oxygens (including phenoxy) is 3. The van der Waals surface area contributed by atoms with Gasteiger partial charge in [0.05, 0.1) is 31.3 Å². The van der Waals surface area contributed by atoms with Crippen LogP contribution in [0.2, 0.25) is 0 Å². The van der Waals surface area contributed by atoms with Crippen LogP contribution in [0.1, 0.15) is 22.8 Å². The van der Waals surface area contributed by atoms with Crippen molar-refractivity contribution in [3.8, 4) is 11.5 Å². The van der Waals surface area contributed by atoms with Gasteiger partial charge in [-0.1, -0.05) is 6.07 Å². The fourth-order valence-corrected chi connectivity index (χ4v) is 4.85. The Bertz CT molecular complexity index is 1000. The highest BCUT2D eigenvalue weighted by atomic mass is 32.2. The molecule has 31 heavy (non-hydrogen) atoms. The third-order valence-electron chi connectivity index (χ3n) is 4.98. The molecule has 1 amide bonds. The standard InChI is InChI=1S/C22H28N2O6S/c1-16-4-5-18(14-21(16)31(26,27)24-10-12-29-13-11-24)22(25)23-17(2)15-30-20-8-6-19(28-3)7-9-20/h4-9,14,17H,10-13,15H2,1-3H3,(H,23,25)/t17-/m1/s1. The smallest absolute Gasteiger partial charge is 0.251 e. The number of nitrogens with zero attached hydrogens (tertiary/aromatic N) is 1. The molecule has 168 valence electrons. The number of nitrogens with one attached hydrogen (secondary N) is 1. The molecule has 9 heteroatoms. The largest absolute Gasteiger partial charge is 0.497 e. The number of sulfonamides is 1. The molecule has 0 unspecified atom stereocenters. The van der Waals surface area contributed by atoms with Gasteiger partial charge in [0, 0.05) is 18.7 Å². The molecule has 0 aliphatic carbocycles. The predicted molar refractivity (Wildman–Crippen MR) is 116 cm³/mol. The van der Waals surface area contributed by atoms with Gasteiger partial charge >= 0.3 is 0 Å². The Labute approximate surface area is 183 Å². The van der Waals surface area contributed by atoms with E-state index in [1.807, 2.05) is 6.92 Å². The topological polar surface area (TPSA) is 94.2 Å². The molecule has 1 heterocycles. The Balaban J connectivity index is 1.65. The molecule has 1 N–H and O–H groups in total. The van der Waals surface area contributed by atoms with Crippen LogP contribution < -0.4 is 14.8 Å². The van der Waals surface area contributed by atoms with Crippen molar-refractivity contribution in [3.05, 3.63) is 53.6 Å². The molecule has 1 atom stereocenters. The van der Waals surface area contributed by atoms with Gasteiger partial charge in [-0.15, -0.1) is 0 Å². The predicted octanol–water partition coefficient (Wildman–Crippen LogP) is 2.22. The molecule has 1 saturated heterocycles. The maximum absolute atomic E-state index is 13.0. The van der Waals surface area contributed by atoms with Crippen LogP contribution in [0.3, 0.4) is 0 Å². The van der Waals surface area contributed by atoms with Gasteiger partial charge in [-0.25, -0.2) is 8.42 Å². The summed E-state index contributed by atoms with van der Waals surface area (Å²) in [6.45, 7) is 5.15. The maximum atomic E-state index is 13.0. The highest BCUT2D eigenvalue weighted by molar-refractivity contribution is 7.89. The van der Waals surface area contributed by atoms with Crippen molar-refractivity contribution in [2.24, 2.45) is 0 Å². The molecule has 3 rings (SSSR count). The summed E-state index contributed by atoms with van der Waals surface area (Å²) in [5, 5.41) is 2.85. The lowest BCUT2D eigenvalue weighted by Crippen LogP contribution is -2.41. The lowest BCUT2D eigenvalue weighted by atomic mass is 10.1. The van der Waals surface area contributed by atoms with Crippen molar-refractivity contribution in [2.45, 2.75) is 24.8 Å². The van der Waals surface area contributed by atoms with Gasteiger partial charge in [0.1, 0.15) is 18.1 Å². The second-order valence-corrected chi connectivity index (χ2v) is 9.26. The van der Waals surface area contributed by atoms with Gasteiger partial charge in [-0.2, -0.15) is 4.31 Å². The molecule has 0 spiro atoms. The second-order valence-electron chi connectivity index (χ2n) is 7.36. The van der Waals surface area contributed by atoms with E-state index in [-0.39, 0.29) is 29.0 Å². The van der Waals surface area contributed by atoms with E-state index in [4.69, 9.17) is 14.2 Å². The highest BCUT2D eigenvalue weighted by Crippen LogP contribution is 2.22. The lowest BCUT2D eigenvalue weighted by Gasteiger charge is -2.26. The number of aryl methyl sites for hydroxylation is 1. The van der Waals surface area contributed by atoms with Crippen LogP contribution in [-0.2, 0) is 14.8 Å². The van der Waals surface area contributed by atoms with Crippen LogP contribution in [0.4, 0.5) is 0 Å². The first kappa shape index (κ1) is 23.1. The fourth-order valence-electron chi connectivity index (χ4n) is 3.19. The minimum atomic E-state index is -3.69. The van der Waals surface area contributed by atoms with E-state index < -0.39 is 10.0 Å². The van der Waals surface area contributed by atoms with Crippen molar-refractivity contribution in [1.82, 2.24) is 9.62 Å². The summed E-state index contributed by atoms with van der Waals surface area (Å²) in [7, 11) is -2.10. The van der Waals surface area contributed by atoms with Gasteiger partial charge in [-0.05, 0) is 55.8 Å². The van der Waals surface area contributed by atoms with E-state index in [2.05, 4.69) is 5.32 Å². The summed E-state index contributed by atoms with van der Waals surface area (Å²) in [5.41, 5.74) is 0.882. The third kappa shape index (κ3) is 5.75. The highest BCUT2D eigenvalue weighted by Gasteiger charge is 2.28. The molecule has 0 aromatic heterocycles. The maximum Gasteiger partial charge on any atom is 0.251 e. The van der Waals surface area contributed by atoms with E-state index in [1.165, 1.54) is 10.4 Å². The van der Waals surface area contributed by atoms with Gasteiger partial charge in [0.25, 0.3) is 5.91 Å². The molecule has 8 nitrogen and oxygen atoms in total. The average molecular weight is 449 g/mol. The number of hydrogen-bond acceptors (Lipinski definition) is 6. The number of rotatable bonds is 8. The van der Waals surface area contributed by atoms with Crippen LogP contribution in [0.15, 0.2) is 47.4 Å². The number of benzene rings is 2. The molecular weight excluding hydrogens is 420 g/mol. The molecule has 2 aromatic carbocycles. The van der Waals surface area contributed by atoms with E-state index in [1.54, 1.807) is 50.4 Å². The molecule has 0 radical (unpaired) electrons. The van der Waals surface area contributed by atoms with Crippen molar-refractivity contribution < 1.29 is 27.4 Å². The minimum Gasteiger partial charge on any atom is -0.497 e. The Kier molecular flexibility index (Phi) is 7.53. The summed E-state index contributed by atoms with van der Waals surface area (Å²) in [6.07, 6.45) is 0. The van der Waals surface area contributed by atoms with Gasteiger partial charge in [0.15, 0.2) is 0 Å². The zero-order valence-electron chi connectivity index (χ0n) is 18.0. The van der Waals surface area contributed by atoms with Crippen molar-refractivity contribution in [1.29, 1.82) is 0 Å². The zero-order chi connectivity index (χ0) is 22.4. The van der Waals surface area contributed by atoms with Crippen LogP contribution in [0.25, 0.3) is 0 Å². The van der Waals surface area contributed by atoms with E-state index in [9.17, 15) is 13.2 Å². The van der Waals surface area contributed by atoms with Crippen molar-refractivity contribution in [2.75, 3.05) is 40.0 Å². The summed E-state index contributed by atoms with van der Waals surface area (Å²) in [5.74, 6) is 1.04. The van der Waals surface area contributed by atoms with E-state index in [0.29, 0.717) is 37.6 Å². The molecular formula is C22H28N2O6S. The first-order valence-electron chi connectivity index (χ1n) is 10.1. The Hall–Kier alpha value is -2.62. The SMILES string of the molecule is COc1ccc(OC[C@@H](C)NC(=O)c2ccc(C)c(S(=O)(=O)N3CCOCC3)c2)cc1. The molecule has 1 aliphatic heterocycles. The number of carbonyl (C=O) groups excluding carboxylic acids is 1. The van der Waals surface area contributed by atoms with Crippen LogP contribution in [0, 0.1) is 6.92 Å². The fraction of sp³-hybridized carbons (Fsp3) is 0.409. The molecule has 1 aliphatic rings. The van der Waals surface area contributed by atoms with Gasteiger partial charge in [-0.3, -0.25) is 4.79 Å². The monoisotopic (exact) mass is 448 g/mol. The lowest BCUT2D eigenvalue weighted by molar-refractivity contribution is 0.0730. The molecule has 0 saturated carbocycles. The summed E-state index contributed by atoms with van der Waals surface area (Å²) < 4.78 is 43.5. The second kappa shape index (κ2) is 10.1. The third-order valence-corrected chi connectivity index (χ3v) is 7.02. The number of hydrogen-bond donors (Lipinski definition) is 1. The van der Waals surface area contributed by atoms with Crippen molar-refractivity contribution in [3.63, 3.8) is 0 Å². The molecule has 0 bridgehead atoms. The first-order valence-corrected chi connectivity index (χ1v) is 11.5. The first-order chi connectivity index (χ1) is 14.8. The summed E-state index contributed by atoms with van der Waals surface area (Å²) in [4.78, 5) is 12.8. The average Bonchev–Trinajstić information content (AvgIpc) is 2.78. The zero-order valence-corrected chi connectivity index (χ0v) is 18.8. The normalized spacial score (nSPS) is 15.8. The Morgan fingerprint density at radius 2 is 1.77 bits per heavy atom. The minimum absolute atomic E-state index is 0.143. The number of methoxy groups -OCH3 is 1. The van der Waals surface area contributed by atoms with E-state index in [0.717, 1.165) is 5.75 Å². The summed E-state index contributed by atoms with van der Waals surface area (Å²) in [6, 6.07) is 11.6. The Morgan fingerprint density at radius 3 is 2.42 bits per heavy atom. The number of carbonyl (C=O) groups is 1. The van der Waals surface area contributed by atoms with Gasteiger partial charge in [0.2, 0.25) is 10.0 Å². The molecule has 1 fully saturated rings. The quantitative estimate of drug-likeness (QED) is 0.666. The number of amides is 1. The van der Waals surface area contributed by atoms with Crippen LogP contribution >= 0.6 is 0 Å².